The molecule has 4 rings (SSSR count). The van der Waals surface area contributed by atoms with E-state index in [-0.39, 0.29) is 37.7 Å². The van der Waals surface area contributed by atoms with Crippen LogP contribution in [0.2, 0.25) is 0 Å². The third-order valence-electron chi connectivity index (χ3n) is 7.25. The highest BCUT2D eigenvalue weighted by molar-refractivity contribution is 5.98. The van der Waals surface area contributed by atoms with E-state index in [2.05, 4.69) is 10.2 Å². The summed E-state index contributed by atoms with van der Waals surface area (Å²) in [6.45, 7) is 1.62. The van der Waals surface area contributed by atoms with E-state index in [0.29, 0.717) is 11.8 Å². The highest BCUT2D eigenvalue weighted by atomic mass is 19.4. The number of anilines is 2. The number of hydrogen-bond donors (Lipinski definition) is 2. The summed E-state index contributed by atoms with van der Waals surface area (Å²) >= 11 is 0. The molecule has 0 radical (unpaired) electrons. The van der Waals surface area contributed by atoms with Crippen molar-refractivity contribution < 1.29 is 27.5 Å². The molecule has 0 aromatic heterocycles. The maximum Gasteiger partial charge on any atom is 0.418 e. The lowest BCUT2D eigenvalue weighted by Crippen LogP contribution is -2.52. The smallest absolute Gasteiger partial charge is 0.370 e. The minimum Gasteiger partial charge on any atom is -0.370 e. The first kappa shape index (κ1) is 24.9. The molecule has 1 heterocycles. The number of hydrogen-bond acceptors (Lipinski definition) is 5. The van der Waals surface area contributed by atoms with E-state index in [1.807, 2.05) is 0 Å². The zero-order valence-corrected chi connectivity index (χ0v) is 19.3. The summed E-state index contributed by atoms with van der Waals surface area (Å²) in [6.07, 6.45) is 2.24. The number of halogens is 3. The van der Waals surface area contributed by atoms with Gasteiger partial charge in [-0.1, -0.05) is 12.8 Å². The molecule has 0 unspecified atom stereocenters. The lowest BCUT2D eigenvalue weighted by atomic mass is 9.82. The topological polar surface area (TPSA) is 87.9 Å². The molecule has 0 spiro atoms. The van der Waals surface area contributed by atoms with Crippen LogP contribution in [-0.4, -0.2) is 62.1 Å². The summed E-state index contributed by atoms with van der Waals surface area (Å²) in [5.41, 5.74) is 4.83. The molecule has 7 nitrogen and oxygen atoms in total. The van der Waals surface area contributed by atoms with Gasteiger partial charge in [0.1, 0.15) is 12.6 Å². The van der Waals surface area contributed by atoms with Crippen molar-refractivity contribution in [3.8, 4) is 0 Å². The molecule has 3 N–H and O–H groups in total. The van der Waals surface area contributed by atoms with Crippen LogP contribution in [0.25, 0.3) is 0 Å². The normalized spacial score (nSPS) is 20.7. The van der Waals surface area contributed by atoms with Crippen molar-refractivity contribution in [2.45, 2.75) is 50.7 Å². The highest BCUT2D eigenvalue weighted by Crippen LogP contribution is 2.39. The third kappa shape index (κ3) is 5.72. The van der Waals surface area contributed by atoms with Crippen LogP contribution in [0.4, 0.5) is 24.5 Å². The first-order valence-electron chi connectivity index (χ1n) is 12.1. The summed E-state index contributed by atoms with van der Waals surface area (Å²) in [4.78, 5) is 28.5. The molecule has 1 aromatic rings. The van der Waals surface area contributed by atoms with Gasteiger partial charge in [-0.25, -0.2) is 0 Å². The Morgan fingerprint density at radius 1 is 1.18 bits per heavy atom. The predicted molar refractivity (Wildman–Crippen MR) is 122 cm³/mol. The predicted octanol–water partition coefficient (Wildman–Crippen LogP) is 3.24. The summed E-state index contributed by atoms with van der Waals surface area (Å²) < 4.78 is 46.6. The Hall–Kier alpha value is -2.17. The van der Waals surface area contributed by atoms with Gasteiger partial charge >= 0.3 is 6.18 Å². The molecule has 188 valence electrons. The molecule has 0 bridgehead atoms. The van der Waals surface area contributed by atoms with Crippen LogP contribution in [0.5, 0.6) is 0 Å². The molecule has 2 amide bonds. The van der Waals surface area contributed by atoms with E-state index < -0.39 is 29.6 Å². The number of nitrogens with one attached hydrogen (secondary N) is 1. The van der Waals surface area contributed by atoms with Gasteiger partial charge in [0.05, 0.1) is 17.9 Å². The Labute approximate surface area is 197 Å². The number of amides is 2. The number of carbonyl (C=O) groups excluding carboxylic acids is 2. The van der Waals surface area contributed by atoms with Gasteiger partial charge in [0.25, 0.3) is 5.91 Å². The Kier molecular flexibility index (Phi) is 7.79. The number of benzene rings is 1. The fourth-order valence-electron chi connectivity index (χ4n) is 4.84. The molecule has 2 saturated carbocycles. The number of carbonyl (C=O) groups is 2. The van der Waals surface area contributed by atoms with Gasteiger partial charge in [0.15, 0.2) is 0 Å². The van der Waals surface area contributed by atoms with E-state index in [1.54, 1.807) is 0 Å². The number of ether oxygens (including phenoxy) is 1. The Balaban J connectivity index is 1.52. The van der Waals surface area contributed by atoms with Crippen LogP contribution >= 0.6 is 0 Å². The second kappa shape index (κ2) is 10.6. The van der Waals surface area contributed by atoms with Crippen LogP contribution in [0.1, 0.15) is 44.1 Å². The van der Waals surface area contributed by atoms with Crippen molar-refractivity contribution >= 4 is 23.2 Å². The van der Waals surface area contributed by atoms with E-state index in [0.717, 1.165) is 49.7 Å². The van der Waals surface area contributed by atoms with Crippen LogP contribution in [0.3, 0.4) is 0 Å². The average Bonchev–Trinajstić information content (AvgIpc) is 2.73. The number of nitrogens with zero attached hydrogens (tertiary/aromatic N) is 2. The van der Waals surface area contributed by atoms with Gasteiger partial charge in [-0.15, -0.1) is 0 Å². The van der Waals surface area contributed by atoms with E-state index in [1.165, 1.54) is 25.0 Å². The minimum atomic E-state index is -4.69. The largest absolute Gasteiger partial charge is 0.418 e. The summed E-state index contributed by atoms with van der Waals surface area (Å²) in [5.74, 6) is 0.164. The zero-order valence-electron chi connectivity index (χ0n) is 19.3. The monoisotopic (exact) mass is 482 g/mol. The summed E-state index contributed by atoms with van der Waals surface area (Å²) in [7, 11) is 0. The number of nitrogens with two attached hydrogens (primary N) is 1. The second-order valence-corrected chi connectivity index (χ2v) is 9.62. The van der Waals surface area contributed by atoms with Gasteiger partial charge in [-0.2, -0.15) is 13.2 Å². The average molecular weight is 483 g/mol. The van der Waals surface area contributed by atoms with Crippen molar-refractivity contribution in [2.24, 2.45) is 17.6 Å². The van der Waals surface area contributed by atoms with Gasteiger partial charge in [-0.3, -0.25) is 14.5 Å². The number of rotatable bonds is 9. The van der Waals surface area contributed by atoms with E-state index in [9.17, 15) is 22.8 Å². The van der Waals surface area contributed by atoms with Crippen molar-refractivity contribution in [3.63, 3.8) is 0 Å². The molecular weight excluding hydrogens is 449 g/mol. The van der Waals surface area contributed by atoms with Crippen molar-refractivity contribution in [1.29, 1.82) is 0 Å². The molecule has 1 atom stereocenters. The molecule has 2 aliphatic carbocycles. The lowest BCUT2D eigenvalue weighted by molar-refractivity contribution is -0.137. The Morgan fingerprint density at radius 3 is 2.32 bits per heavy atom. The first-order valence-corrected chi connectivity index (χ1v) is 12.1. The highest BCUT2D eigenvalue weighted by Gasteiger charge is 2.38. The maximum absolute atomic E-state index is 13.9. The number of alkyl halides is 3. The van der Waals surface area contributed by atoms with Crippen LogP contribution in [0, 0.1) is 11.8 Å². The van der Waals surface area contributed by atoms with Crippen molar-refractivity contribution in [1.82, 2.24) is 4.90 Å². The minimum absolute atomic E-state index is 0.0347. The maximum atomic E-state index is 13.9. The van der Waals surface area contributed by atoms with Gasteiger partial charge in [0, 0.05) is 31.9 Å². The molecule has 1 aromatic carbocycles. The fourth-order valence-corrected chi connectivity index (χ4v) is 4.84. The van der Waals surface area contributed by atoms with Crippen molar-refractivity contribution in [2.75, 3.05) is 49.6 Å². The van der Waals surface area contributed by atoms with E-state index >= 15 is 0 Å². The van der Waals surface area contributed by atoms with E-state index in [4.69, 9.17) is 10.5 Å². The zero-order chi connectivity index (χ0) is 24.3. The van der Waals surface area contributed by atoms with Gasteiger partial charge < -0.3 is 20.7 Å². The fraction of sp³-hybridized carbons (Fsp3) is 0.667. The SMILES string of the molecule is NC[C@@H](C(=O)Nc1ccc(N2CCOCC2=O)c(C(F)(F)F)c1)N(CC1CCC1)CC1CCC1. The standard InChI is InChI=1S/C24H33F3N4O3/c25-24(26,27)19-11-18(7-8-20(19)31-9-10-34-15-22(31)32)29-23(33)21(12-28)30(13-16-3-1-4-16)14-17-5-2-6-17/h7-8,11,16-17,21H,1-6,9-10,12-15,28H2,(H,29,33)/t21-/m0/s1. The lowest BCUT2D eigenvalue weighted by Gasteiger charge is -2.40. The Bertz CT molecular complexity index is 871. The third-order valence-corrected chi connectivity index (χ3v) is 7.25. The second-order valence-electron chi connectivity index (χ2n) is 9.62. The summed E-state index contributed by atoms with van der Waals surface area (Å²) in [5, 5.41) is 2.66. The van der Waals surface area contributed by atoms with Crippen molar-refractivity contribution in [3.05, 3.63) is 23.8 Å². The van der Waals surface area contributed by atoms with Crippen LogP contribution in [-0.2, 0) is 20.5 Å². The molecule has 10 heteroatoms. The van der Waals surface area contributed by atoms with Gasteiger partial charge in [-0.05, 0) is 55.7 Å². The van der Waals surface area contributed by atoms with Gasteiger partial charge in [0.2, 0.25) is 5.91 Å². The van der Waals surface area contributed by atoms with Crippen LogP contribution < -0.4 is 16.0 Å². The molecule has 34 heavy (non-hydrogen) atoms. The number of morpholine rings is 1. The van der Waals surface area contributed by atoms with Crippen LogP contribution in [0.15, 0.2) is 18.2 Å². The summed E-state index contributed by atoms with van der Waals surface area (Å²) in [6, 6.07) is 2.93. The molecular formula is C24H33F3N4O3. The first-order chi connectivity index (χ1) is 16.3. The molecule has 1 aliphatic heterocycles. The quantitative estimate of drug-likeness (QED) is 0.564. The molecule has 1 saturated heterocycles. The molecule has 3 fully saturated rings. The Morgan fingerprint density at radius 2 is 1.82 bits per heavy atom. The molecule has 3 aliphatic rings.